The van der Waals surface area contributed by atoms with Crippen LogP contribution in [-0.4, -0.2) is 37.8 Å². The number of esters is 2. The fourth-order valence-corrected chi connectivity index (χ4v) is 3.92. The van der Waals surface area contributed by atoms with E-state index in [1.165, 1.54) is 14.2 Å². The highest BCUT2D eigenvalue weighted by atomic mass is 16.5. The first-order valence-electron chi connectivity index (χ1n) is 8.77. The molecule has 6 nitrogen and oxygen atoms in total. The summed E-state index contributed by atoms with van der Waals surface area (Å²) in [7, 11) is 2.61. The molecule has 0 spiro atoms. The van der Waals surface area contributed by atoms with Gasteiger partial charge in [0.05, 0.1) is 20.1 Å². The number of fused-ring (bicyclic) bond motifs is 1. The topological polar surface area (TPSA) is 82.0 Å². The molecule has 0 amide bonds. The molecule has 0 bridgehead atoms. The van der Waals surface area contributed by atoms with Gasteiger partial charge in [0.1, 0.15) is 0 Å². The van der Waals surface area contributed by atoms with E-state index in [1.807, 2.05) is 42.5 Å². The number of hydrogen-bond acceptors (Lipinski definition) is 6. The van der Waals surface area contributed by atoms with Crippen molar-refractivity contribution in [3.63, 3.8) is 0 Å². The van der Waals surface area contributed by atoms with E-state index in [-0.39, 0.29) is 24.2 Å². The Kier molecular flexibility index (Phi) is 5.38. The predicted octanol–water partition coefficient (Wildman–Crippen LogP) is 2.83. The molecule has 1 aliphatic carbocycles. The molecular weight excluding hydrogens is 346 g/mol. The van der Waals surface area contributed by atoms with Crippen molar-refractivity contribution >= 4 is 28.8 Å². The lowest BCUT2D eigenvalue weighted by Crippen LogP contribution is -2.53. The quantitative estimate of drug-likeness (QED) is 0.445. The molecule has 27 heavy (non-hydrogen) atoms. The summed E-state index contributed by atoms with van der Waals surface area (Å²) >= 11 is 0. The second-order valence-electron chi connectivity index (χ2n) is 6.82. The molecule has 2 aromatic carbocycles. The van der Waals surface area contributed by atoms with Gasteiger partial charge in [-0.1, -0.05) is 42.5 Å². The van der Waals surface area contributed by atoms with Gasteiger partial charge in [-0.15, -0.1) is 0 Å². The zero-order valence-corrected chi connectivity index (χ0v) is 15.3. The van der Waals surface area contributed by atoms with Crippen LogP contribution in [0.2, 0.25) is 0 Å². The average molecular weight is 367 g/mol. The van der Waals surface area contributed by atoms with Gasteiger partial charge in [0.15, 0.2) is 5.54 Å². The van der Waals surface area contributed by atoms with E-state index in [0.29, 0.717) is 12.8 Å². The highest BCUT2D eigenvalue weighted by molar-refractivity contribution is 5.89. The zero-order chi connectivity index (χ0) is 19.4. The Morgan fingerprint density at radius 1 is 1.11 bits per heavy atom. The Balaban J connectivity index is 2.01. The molecule has 1 fully saturated rings. The summed E-state index contributed by atoms with van der Waals surface area (Å²) in [6, 6.07) is 13.6. The molecule has 3 rings (SSSR count). The standard InChI is InChI=1S/C21H21NO5/c1-26-19(24)16-10-17(11-16)21(22-13-23,20(25)27-2)12-15-8-5-7-14-6-3-4-9-18(14)15/h3-9,16-17H,10-12H2,1-2H3/t16-,17+,21?. The second kappa shape index (κ2) is 7.72. The molecule has 0 radical (unpaired) electrons. The summed E-state index contributed by atoms with van der Waals surface area (Å²) in [4.78, 5) is 39.6. The van der Waals surface area contributed by atoms with Crippen molar-refractivity contribution in [1.29, 1.82) is 0 Å². The average Bonchev–Trinajstić information content (AvgIpc) is 2.66. The third-order valence-corrected chi connectivity index (χ3v) is 5.47. The Hall–Kier alpha value is -2.98. The maximum Gasteiger partial charge on any atom is 0.335 e. The number of methoxy groups -OCH3 is 2. The lowest BCUT2D eigenvalue weighted by Gasteiger charge is -2.43. The predicted molar refractivity (Wildman–Crippen MR) is 98.8 cm³/mol. The van der Waals surface area contributed by atoms with Gasteiger partial charge in [-0.05, 0) is 35.1 Å². The van der Waals surface area contributed by atoms with Crippen LogP contribution in [0, 0.1) is 11.8 Å². The maximum atomic E-state index is 12.7. The van der Waals surface area contributed by atoms with Crippen LogP contribution in [0.5, 0.6) is 0 Å². The van der Waals surface area contributed by atoms with Crippen molar-refractivity contribution in [3.8, 4) is 0 Å². The SMILES string of the molecule is COC(=O)C(Cc1cccc2ccccc12)(N=C=O)[C@H]1C[C@@H](C(=O)OC)C1. The van der Waals surface area contributed by atoms with E-state index in [1.54, 1.807) is 6.08 Å². The number of isocyanates is 1. The van der Waals surface area contributed by atoms with Gasteiger partial charge in [-0.2, -0.15) is 4.99 Å². The highest BCUT2D eigenvalue weighted by Gasteiger charge is 2.54. The van der Waals surface area contributed by atoms with E-state index in [0.717, 1.165) is 16.3 Å². The van der Waals surface area contributed by atoms with Crippen molar-refractivity contribution in [2.24, 2.45) is 16.8 Å². The fourth-order valence-electron chi connectivity index (χ4n) is 3.92. The monoisotopic (exact) mass is 367 g/mol. The number of aliphatic imine (C=N–C) groups is 1. The minimum Gasteiger partial charge on any atom is -0.469 e. The van der Waals surface area contributed by atoms with Gasteiger partial charge in [-0.3, -0.25) is 4.79 Å². The normalized spacial score (nSPS) is 20.7. The summed E-state index contributed by atoms with van der Waals surface area (Å²) < 4.78 is 9.78. The molecule has 2 aromatic rings. The first-order chi connectivity index (χ1) is 13.1. The van der Waals surface area contributed by atoms with Gasteiger partial charge in [0.2, 0.25) is 6.08 Å². The van der Waals surface area contributed by atoms with Crippen molar-refractivity contribution in [3.05, 3.63) is 48.0 Å². The smallest absolute Gasteiger partial charge is 0.335 e. The van der Waals surface area contributed by atoms with Gasteiger partial charge in [0, 0.05) is 6.42 Å². The lowest BCUT2D eigenvalue weighted by molar-refractivity contribution is -0.159. The van der Waals surface area contributed by atoms with Crippen molar-refractivity contribution in [2.75, 3.05) is 14.2 Å². The van der Waals surface area contributed by atoms with E-state index in [9.17, 15) is 14.4 Å². The minimum absolute atomic E-state index is 0.203. The fraction of sp³-hybridized carbons (Fsp3) is 0.381. The number of carbonyl (C=O) groups is 2. The molecule has 6 heteroatoms. The number of carbonyl (C=O) groups excluding carboxylic acids is 3. The Bertz CT molecular complexity index is 906. The van der Waals surface area contributed by atoms with Crippen LogP contribution in [0.3, 0.4) is 0 Å². The zero-order valence-electron chi connectivity index (χ0n) is 15.3. The molecule has 0 saturated heterocycles. The third-order valence-electron chi connectivity index (χ3n) is 5.47. The van der Waals surface area contributed by atoms with E-state index in [4.69, 9.17) is 9.47 Å². The van der Waals surface area contributed by atoms with Gasteiger partial charge in [0.25, 0.3) is 0 Å². The van der Waals surface area contributed by atoms with Crippen molar-refractivity contribution < 1.29 is 23.9 Å². The number of hydrogen-bond donors (Lipinski definition) is 0. The summed E-state index contributed by atoms with van der Waals surface area (Å²) in [6.45, 7) is 0. The summed E-state index contributed by atoms with van der Waals surface area (Å²) in [5, 5.41) is 2.02. The molecule has 1 atom stereocenters. The van der Waals surface area contributed by atoms with E-state index < -0.39 is 11.5 Å². The Morgan fingerprint density at radius 3 is 2.48 bits per heavy atom. The minimum atomic E-state index is -1.40. The number of rotatable bonds is 6. The molecule has 0 aromatic heterocycles. The Labute approximate surface area is 157 Å². The van der Waals surface area contributed by atoms with Crippen LogP contribution in [0.4, 0.5) is 0 Å². The molecule has 1 unspecified atom stereocenters. The maximum absolute atomic E-state index is 12.7. The molecule has 1 saturated carbocycles. The summed E-state index contributed by atoms with van der Waals surface area (Å²) in [6.07, 6.45) is 2.59. The number of ether oxygens (including phenoxy) is 2. The number of benzene rings is 2. The van der Waals surface area contributed by atoms with Gasteiger partial charge >= 0.3 is 11.9 Å². The second-order valence-corrected chi connectivity index (χ2v) is 6.82. The molecular formula is C21H21NO5. The molecule has 140 valence electrons. The van der Waals surface area contributed by atoms with E-state index in [2.05, 4.69) is 4.99 Å². The molecule has 0 heterocycles. The van der Waals surface area contributed by atoms with Crippen LogP contribution in [0.1, 0.15) is 18.4 Å². The van der Waals surface area contributed by atoms with Crippen LogP contribution < -0.4 is 0 Å². The largest absolute Gasteiger partial charge is 0.469 e. The number of nitrogens with zero attached hydrogens (tertiary/aromatic N) is 1. The summed E-state index contributed by atoms with van der Waals surface area (Å²) in [5.41, 5.74) is -0.510. The molecule has 0 N–H and O–H groups in total. The summed E-state index contributed by atoms with van der Waals surface area (Å²) in [5.74, 6) is -1.50. The van der Waals surface area contributed by atoms with Gasteiger partial charge < -0.3 is 9.47 Å². The highest BCUT2D eigenvalue weighted by Crippen LogP contribution is 2.46. The third kappa shape index (κ3) is 3.36. The van der Waals surface area contributed by atoms with E-state index >= 15 is 0 Å². The van der Waals surface area contributed by atoms with Crippen molar-refractivity contribution in [2.45, 2.75) is 24.8 Å². The first kappa shape index (κ1) is 18.8. The van der Waals surface area contributed by atoms with Crippen LogP contribution in [0.15, 0.2) is 47.5 Å². The van der Waals surface area contributed by atoms with Crippen LogP contribution >= 0.6 is 0 Å². The van der Waals surface area contributed by atoms with Crippen molar-refractivity contribution in [1.82, 2.24) is 0 Å². The van der Waals surface area contributed by atoms with Gasteiger partial charge in [-0.25, -0.2) is 9.59 Å². The molecule has 0 aliphatic heterocycles. The first-order valence-corrected chi connectivity index (χ1v) is 8.77. The Morgan fingerprint density at radius 2 is 1.81 bits per heavy atom. The lowest BCUT2D eigenvalue weighted by atomic mass is 9.63. The molecule has 1 aliphatic rings. The van der Waals surface area contributed by atoms with Crippen LogP contribution in [0.25, 0.3) is 10.8 Å². The van der Waals surface area contributed by atoms with Crippen LogP contribution in [-0.2, 0) is 30.3 Å².